The summed E-state index contributed by atoms with van der Waals surface area (Å²) in [7, 11) is 0. The highest BCUT2D eigenvalue weighted by molar-refractivity contribution is 5.02. The van der Waals surface area contributed by atoms with Crippen LogP contribution in [0.4, 0.5) is 0 Å². The maximum Gasteiger partial charge on any atom is 0.133 e. The summed E-state index contributed by atoms with van der Waals surface area (Å²) < 4.78 is 7.78. The highest BCUT2D eigenvalue weighted by Gasteiger charge is 2.24. The van der Waals surface area contributed by atoms with E-state index < -0.39 is 0 Å². The van der Waals surface area contributed by atoms with E-state index in [2.05, 4.69) is 21.7 Å². The lowest BCUT2D eigenvalue weighted by atomic mass is 10.0. The maximum atomic E-state index is 5.42. The lowest BCUT2D eigenvalue weighted by Gasteiger charge is -2.23. The lowest BCUT2D eigenvalue weighted by Crippen LogP contribution is -2.19. The van der Waals surface area contributed by atoms with Gasteiger partial charge in [-0.2, -0.15) is 0 Å². The van der Waals surface area contributed by atoms with Crippen LogP contribution in [0.5, 0.6) is 0 Å². The van der Waals surface area contributed by atoms with E-state index in [1.165, 1.54) is 30.9 Å². The lowest BCUT2D eigenvalue weighted by molar-refractivity contribution is 0.185. The molecule has 1 saturated heterocycles. The monoisotopic (exact) mass is 221 g/mol. The summed E-state index contributed by atoms with van der Waals surface area (Å²) in [6, 6.07) is 0.580. The summed E-state index contributed by atoms with van der Waals surface area (Å²) >= 11 is 0. The molecule has 2 unspecified atom stereocenters. The minimum atomic E-state index is 0.580. The summed E-state index contributed by atoms with van der Waals surface area (Å²) in [5.41, 5.74) is 0. The second kappa shape index (κ2) is 4.17. The topological polar surface area (TPSA) is 39.9 Å². The zero-order valence-electron chi connectivity index (χ0n) is 9.85. The smallest absolute Gasteiger partial charge is 0.133 e. The van der Waals surface area contributed by atoms with E-state index in [4.69, 9.17) is 4.74 Å². The van der Waals surface area contributed by atoms with Gasteiger partial charge in [0.25, 0.3) is 0 Å². The van der Waals surface area contributed by atoms with Gasteiger partial charge in [0.2, 0.25) is 0 Å². The van der Waals surface area contributed by atoms with E-state index in [1.54, 1.807) is 0 Å². The number of aryl methyl sites for hydroxylation is 1. The second-order valence-corrected chi connectivity index (χ2v) is 5.08. The highest BCUT2D eigenvalue weighted by Crippen LogP contribution is 2.26. The third-order valence-electron chi connectivity index (χ3n) is 3.80. The van der Waals surface area contributed by atoms with Crippen molar-refractivity contribution < 1.29 is 4.74 Å². The summed E-state index contributed by atoms with van der Waals surface area (Å²) in [5.74, 6) is 3.02. The first kappa shape index (κ1) is 10.3. The van der Waals surface area contributed by atoms with Gasteiger partial charge in [-0.3, -0.25) is 0 Å². The van der Waals surface area contributed by atoms with Crippen LogP contribution in [0, 0.1) is 5.92 Å². The second-order valence-electron chi connectivity index (χ2n) is 5.08. The van der Waals surface area contributed by atoms with Crippen LogP contribution >= 0.6 is 0 Å². The van der Waals surface area contributed by atoms with Crippen molar-refractivity contribution in [3.63, 3.8) is 0 Å². The Morgan fingerprint density at radius 2 is 2.31 bits per heavy atom. The van der Waals surface area contributed by atoms with Crippen molar-refractivity contribution in [2.75, 3.05) is 13.2 Å². The molecule has 3 rings (SSSR count). The highest BCUT2D eigenvalue weighted by atomic mass is 16.5. The van der Waals surface area contributed by atoms with Crippen molar-refractivity contribution in [3.8, 4) is 0 Å². The minimum absolute atomic E-state index is 0.580. The van der Waals surface area contributed by atoms with E-state index in [1.807, 2.05) is 0 Å². The average Bonchev–Trinajstić information content (AvgIpc) is 2.90. The number of ether oxygens (including phenoxy) is 1. The molecule has 0 amide bonds. The fraction of sp³-hybridized carbons (Fsp3) is 0.833. The van der Waals surface area contributed by atoms with Crippen molar-refractivity contribution in [2.24, 2.45) is 5.92 Å². The first-order chi connectivity index (χ1) is 7.84. The first-order valence-electron chi connectivity index (χ1n) is 6.35. The van der Waals surface area contributed by atoms with E-state index in [0.29, 0.717) is 12.0 Å². The summed E-state index contributed by atoms with van der Waals surface area (Å²) in [4.78, 5) is 0. The van der Waals surface area contributed by atoms with Crippen molar-refractivity contribution in [1.29, 1.82) is 0 Å². The van der Waals surface area contributed by atoms with Gasteiger partial charge in [-0.05, 0) is 32.1 Å². The number of aromatic nitrogens is 3. The predicted molar refractivity (Wildman–Crippen MR) is 60.3 cm³/mol. The van der Waals surface area contributed by atoms with Crippen LogP contribution in [-0.2, 0) is 17.6 Å². The molecule has 0 radical (unpaired) electrons. The molecule has 2 aliphatic heterocycles. The number of fused-ring (bicyclic) bond motifs is 1. The molecule has 2 atom stereocenters. The van der Waals surface area contributed by atoms with Crippen molar-refractivity contribution in [2.45, 2.75) is 45.1 Å². The van der Waals surface area contributed by atoms with Crippen LogP contribution in [0.2, 0.25) is 0 Å². The van der Waals surface area contributed by atoms with Gasteiger partial charge >= 0.3 is 0 Å². The van der Waals surface area contributed by atoms with Gasteiger partial charge in [0, 0.05) is 32.1 Å². The zero-order chi connectivity index (χ0) is 11.0. The SMILES string of the molecule is CC1CCCc2nnc(CC3CCOC3)n21. The van der Waals surface area contributed by atoms with Crippen LogP contribution in [0.3, 0.4) is 0 Å². The fourth-order valence-electron chi connectivity index (χ4n) is 2.87. The molecule has 0 aromatic carbocycles. The normalized spacial score (nSPS) is 29.3. The van der Waals surface area contributed by atoms with Gasteiger partial charge in [-0.1, -0.05) is 0 Å². The maximum absolute atomic E-state index is 5.42. The molecule has 0 bridgehead atoms. The van der Waals surface area contributed by atoms with Gasteiger partial charge in [-0.25, -0.2) is 0 Å². The third-order valence-corrected chi connectivity index (χ3v) is 3.80. The van der Waals surface area contributed by atoms with Crippen molar-refractivity contribution in [1.82, 2.24) is 14.8 Å². The Morgan fingerprint density at radius 1 is 1.38 bits per heavy atom. The van der Waals surface area contributed by atoms with Gasteiger partial charge in [-0.15, -0.1) is 10.2 Å². The Bertz CT molecular complexity index is 368. The number of hydrogen-bond donors (Lipinski definition) is 0. The Morgan fingerprint density at radius 3 is 3.12 bits per heavy atom. The zero-order valence-corrected chi connectivity index (χ0v) is 9.85. The summed E-state index contributed by atoms with van der Waals surface area (Å²) in [5, 5.41) is 8.69. The molecular weight excluding hydrogens is 202 g/mol. The average molecular weight is 221 g/mol. The van der Waals surface area contributed by atoms with Gasteiger partial charge in [0.05, 0.1) is 0 Å². The molecule has 0 N–H and O–H groups in total. The Labute approximate surface area is 96.0 Å². The predicted octanol–water partition coefficient (Wildman–Crippen LogP) is 1.75. The van der Waals surface area contributed by atoms with Crippen LogP contribution in [0.1, 0.15) is 43.9 Å². The molecule has 1 fully saturated rings. The van der Waals surface area contributed by atoms with Gasteiger partial charge < -0.3 is 9.30 Å². The molecule has 4 nitrogen and oxygen atoms in total. The molecule has 0 saturated carbocycles. The molecule has 88 valence electrons. The minimum Gasteiger partial charge on any atom is -0.381 e. The quantitative estimate of drug-likeness (QED) is 0.764. The van der Waals surface area contributed by atoms with E-state index in [-0.39, 0.29) is 0 Å². The van der Waals surface area contributed by atoms with Crippen LogP contribution < -0.4 is 0 Å². The number of hydrogen-bond acceptors (Lipinski definition) is 3. The molecule has 0 aliphatic carbocycles. The molecule has 3 heterocycles. The molecule has 2 aliphatic rings. The molecule has 4 heteroatoms. The largest absolute Gasteiger partial charge is 0.381 e. The van der Waals surface area contributed by atoms with Crippen LogP contribution in [-0.4, -0.2) is 28.0 Å². The Kier molecular flexibility index (Phi) is 2.67. The molecule has 1 aromatic rings. The molecule has 0 spiro atoms. The first-order valence-corrected chi connectivity index (χ1v) is 6.35. The standard InChI is InChI=1S/C12H19N3O/c1-9-3-2-4-11-13-14-12(15(9)11)7-10-5-6-16-8-10/h9-10H,2-8H2,1H3. The summed E-state index contributed by atoms with van der Waals surface area (Å²) in [6.45, 7) is 4.10. The van der Waals surface area contributed by atoms with Crippen molar-refractivity contribution in [3.05, 3.63) is 11.6 Å². The van der Waals surface area contributed by atoms with Crippen LogP contribution in [0.15, 0.2) is 0 Å². The molecule has 16 heavy (non-hydrogen) atoms. The number of nitrogens with zero attached hydrogens (tertiary/aromatic N) is 3. The van der Waals surface area contributed by atoms with Gasteiger partial charge in [0.15, 0.2) is 0 Å². The van der Waals surface area contributed by atoms with Crippen molar-refractivity contribution >= 4 is 0 Å². The molecular formula is C12H19N3O. The van der Waals surface area contributed by atoms with E-state index in [9.17, 15) is 0 Å². The number of rotatable bonds is 2. The fourth-order valence-corrected chi connectivity index (χ4v) is 2.87. The third kappa shape index (κ3) is 1.75. The van der Waals surface area contributed by atoms with Crippen LogP contribution in [0.25, 0.3) is 0 Å². The molecule has 1 aromatic heterocycles. The van der Waals surface area contributed by atoms with E-state index in [0.717, 1.165) is 26.1 Å². The van der Waals surface area contributed by atoms with E-state index >= 15 is 0 Å². The van der Waals surface area contributed by atoms with Gasteiger partial charge in [0.1, 0.15) is 11.6 Å². The Balaban J connectivity index is 1.81. The Hall–Kier alpha value is -0.900. The summed E-state index contributed by atoms with van der Waals surface area (Å²) in [6.07, 6.45) is 5.83.